The molecule has 1 N–H and O–H groups in total. The van der Waals surface area contributed by atoms with Crippen molar-refractivity contribution in [2.45, 2.75) is 45.4 Å². The van der Waals surface area contributed by atoms with Gasteiger partial charge in [0.1, 0.15) is 5.76 Å². The van der Waals surface area contributed by atoms with Crippen molar-refractivity contribution in [1.29, 1.82) is 0 Å². The summed E-state index contributed by atoms with van der Waals surface area (Å²) in [6.07, 6.45) is 7.27. The maximum absolute atomic E-state index is 11.9. The summed E-state index contributed by atoms with van der Waals surface area (Å²) in [4.78, 5) is 11.9. The normalized spacial score (nSPS) is 39.0. The van der Waals surface area contributed by atoms with Gasteiger partial charge in [0.05, 0.1) is 11.8 Å². The Morgan fingerprint density at radius 1 is 1.10 bits per heavy atom. The van der Waals surface area contributed by atoms with E-state index < -0.39 is 16.1 Å². The SMILES string of the molecule is CC(C(=O)OS(C)(=O)=O)=C(O)C12CC3CC(CC(C3)C1)C2. The molecule has 0 aliphatic heterocycles. The Kier molecular flexibility index (Phi) is 3.35. The van der Waals surface area contributed by atoms with Crippen molar-refractivity contribution in [3.8, 4) is 0 Å². The van der Waals surface area contributed by atoms with Crippen molar-refractivity contribution < 1.29 is 22.5 Å². The largest absolute Gasteiger partial charge is 0.511 e. The van der Waals surface area contributed by atoms with Gasteiger partial charge in [0.2, 0.25) is 0 Å². The van der Waals surface area contributed by atoms with Crippen LogP contribution < -0.4 is 0 Å². The van der Waals surface area contributed by atoms with Crippen LogP contribution in [0.2, 0.25) is 0 Å². The molecule has 0 spiro atoms. The summed E-state index contributed by atoms with van der Waals surface area (Å²) in [6, 6.07) is 0. The number of rotatable bonds is 3. The topological polar surface area (TPSA) is 80.7 Å². The summed E-state index contributed by atoms with van der Waals surface area (Å²) in [7, 11) is -3.85. The maximum atomic E-state index is 11.9. The highest BCUT2D eigenvalue weighted by molar-refractivity contribution is 7.86. The molecule has 5 nitrogen and oxygen atoms in total. The second-order valence-corrected chi connectivity index (χ2v) is 8.82. The molecule has 0 aromatic heterocycles. The van der Waals surface area contributed by atoms with Crippen LogP contribution >= 0.6 is 0 Å². The molecule has 0 amide bonds. The van der Waals surface area contributed by atoms with E-state index in [1.54, 1.807) is 0 Å². The zero-order valence-electron chi connectivity index (χ0n) is 12.5. The summed E-state index contributed by atoms with van der Waals surface area (Å²) < 4.78 is 26.5. The van der Waals surface area contributed by atoms with Crippen LogP contribution in [0.5, 0.6) is 0 Å². The van der Waals surface area contributed by atoms with Gasteiger partial charge < -0.3 is 9.29 Å². The van der Waals surface area contributed by atoms with E-state index in [1.807, 2.05) is 0 Å². The first-order chi connectivity index (χ1) is 9.68. The number of carbonyl (C=O) groups is 1. The summed E-state index contributed by atoms with van der Waals surface area (Å²) >= 11 is 0. The number of hydrogen-bond donors (Lipinski definition) is 1. The summed E-state index contributed by atoms with van der Waals surface area (Å²) in [6.45, 7) is 1.46. The van der Waals surface area contributed by atoms with Crippen molar-refractivity contribution >= 4 is 16.1 Å². The number of hydrogen-bond acceptors (Lipinski definition) is 5. The predicted octanol–water partition coefficient (Wildman–Crippen LogP) is 2.54. The Labute approximate surface area is 125 Å². The Hall–Kier alpha value is -1.04. The van der Waals surface area contributed by atoms with Gasteiger partial charge in [-0.1, -0.05) is 0 Å². The van der Waals surface area contributed by atoms with E-state index in [0.717, 1.165) is 25.5 Å². The quantitative estimate of drug-likeness (QED) is 0.492. The zero-order chi connectivity index (χ0) is 15.4. The van der Waals surface area contributed by atoms with Crippen LogP contribution in [-0.2, 0) is 19.1 Å². The average molecular weight is 314 g/mol. The molecule has 4 aliphatic carbocycles. The first-order valence-corrected chi connectivity index (χ1v) is 9.34. The molecule has 0 heterocycles. The van der Waals surface area contributed by atoms with Crippen molar-refractivity contribution in [3.05, 3.63) is 11.3 Å². The third kappa shape index (κ3) is 2.70. The van der Waals surface area contributed by atoms with Crippen LogP contribution in [0, 0.1) is 23.2 Å². The van der Waals surface area contributed by atoms with Crippen molar-refractivity contribution in [2.24, 2.45) is 23.2 Å². The first-order valence-electron chi connectivity index (χ1n) is 7.52. The molecule has 4 fully saturated rings. The van der Waals surface area contributed by atoms with Crippen molar-refractivity contribution in [2.75, 3.05) is 6.26 Å². The van der Waals surface area contributed by atoms with Crippen LogP contribution in [0.3, 0.4) is 0 Å². The number of allylic oxidation sites excluding steroid dienone is 1. The van der Waals surface area contributed by atoms with E-state index in [4.69, 9.17) is 0 Å². The molecular formula is C15H22O5S. The maximum Gasteiger partial charge on any atom is 0.352 e. The molecule has 0 radical (unpaired) electrons. The van der Waals surface area contributed by atoms with E-state index in [9.17, 15) is 18.3 Å². The van der Waals surface area contributed by atoms with Gasteiger partial charge in [0.25, 0.3) is 0 Å². The minimum atomic E-state index is -3.85. The van der Waals surface area contributed by atoms with Gasteiger partial charge >= 0.3 is 16.1 Å². The van der Waals surface area contributed by atoms with E-state index >= 15 is 0 Å². The molecule has 6 heteroatoms. The summed E-state index contributed by atoms with van der Waals surface area (Å²) in [5, 5.41) is 10.6. The van der Waals surface area contributed by atoms with E-state index in [0.29, 0.717) is 17.8 Å². The molecule has 0 unspecified atom stereocenters. The van der Waals surface area contributed by atoms with Gasteiger partial charge in [0, 0.05) is 5.41 Å². The molecule has 0 saturated heterocycles. The number of aliphatic hydroxyl groups excluding tert-OH is 1. The molecule has 4 bridgehead atoms. The minimum Gasteiger partial charge on any atom is -0.511 e. The lowest BCUT2D eigenvalue weighted by Gasteiger charge is -2.56. The highest BCUT2D eigenvalue weighted by Gasteiger charge is 2.53. The molecule has 4 saturated carbocycles. The molecule has 118 valence electrons. The lowest BCUT2D eigenvalue weighted by molar-refractivity contribution is -0.130. The van der Waals surface area contributed by atoms with Gasteiger partial charge in [-0.15, -0.1) is 0 Å². The number of aliphatic hydroxyl groups is 1. The van der Waals surface area contributed by atoms with Crippen molar-refractivity contribution in [1.82, 2.24) is 0 Å². The van der Waals surface area contributed by atoms with Crippen LogP contribution in [0.25, 0.3) is 0 Å². The number of carbonyl (C=O) groups excluding carboxylic acids is 1. The van der Waals surface area contributed by atoms with E-state index in [1.165, 1.54) is 26.2 Å². The van der Waals surface area contributed by atoms with Gasteiger partial charge in [-0.25, -0.2) is 4.79 Å². The van der Waals surface area contributed by atoms with Gasteiger partial charge in [0.15, 0.2) is 0 Å². The standard InChI is InChI=1S/C15H22O5S/c1-9(14(17)20-21(2,18)19)13(16)15-6-10-3-11(7-15)5-12(4-10)8-15/h10-12,16H,3-8H2,1-2H3. The Bertz CT molecular complexity index is 566. The molecule has 4 rings (SSSR count). The molecular weight excluding hydrogens is 292 g/mol. The summed E-state index contributed by atoms with van der Waals surface area (Å²) in [5.74, 6) is 1.02. The Morgan fingerprint density at radius 2 is 1.52 bits per heavy atom. The van der Waals surface area contributed by atoms with Gasteiger partial charge in [-0.2, -0.15) is 8.42 Å². The minimum absolute atomic E-state index is 0.0439. The second-order valence-electron chi connectivity index (χ2n) is 7.25. The molecule has 0 atom stereocenters. The molecule has 0 aromatic rings. The third-order valence-electron chi connectivity index (χ3n) is 5.43. The zero-order valence-corrected chi connectivity index (χ0v) is 13.3. The van der Waals surface area contributed by atoms with E-state index in [2.05, 4.69) is 4.18 Å². The Morgan fingerprint density at radius 3 is 1.90 bits per heavy atom. The monoisotopic (exact) mass is 314 g/mol. The highest BCUT2D eigenvalue weighted by Crippen LogP contribution is 2.62. The fourth-order valence-electron chi connectivity index (χ4n) is 5.10. The molecule has 21 heavy (non-hydrogen) atoms. The Balaban J connectivity index is 1.88. The lowest BCUT2D eigenvalue weighted by Crippen LogP contribution is -2.47. The van der Waals surface area contributed by atoms with Crippen LogP contribution in [0.4, 0.5) is 0 Å². The van der Waals surface area contributed by atoms with Gasteiger partial charge in [-0.3, -0.25) is 0 Å². The predicted molar refractivity (Wildman–Crippen MR) is 76.9 cm³/mol. The van der Waals surface area contributed by atoms with Gasteiger partial charge in [-0.05, 0) is 63.2 Å². The van der Waals surface area contributed by atoms with Crippen LogP contribution in [0.15, 0.2) is 11.3 Å². The average Bonchev–Trinajstić information content (AvgIpc) is 2.33. The van der Waals surface area contributed by atoms with Crippen LogP contribution in [-0.4, -0.2) is 25.7 Å². The fraction of sp³-hybridized carbons (Fsp3) is 0.800. The molecule has 4 aliphatic rings. The fourth-order valence-corrected chi connectivity index (χ4v) is 5.50. The molecule has 0 aromatic carbocycles. The lowest BCUT2D eigenvalue weighted by atomic mass is 9.49. The first kappa shape index (κ1) is 14.9. The highest BCUT2D eigenvalue weighted by atomic mass is 32.2. The smallest absolute Gasteiger partial charge is 0.352 e. The van der Waals surface area contributed by atoms with E-state index in [-0.39, 0.29) is 16.7 Å². The summed E-state index contributed by atoms with van der Waals surface area (Å²) in [5.41, 5.74) is -0.280. The van der Waals surface area contributed by atoms with Crippen molar-refractivity contribution in [3.63, 3.8) is 0 Å². The van der Waals surface area contributed by atoms with Crippen LogP contribution in [0.1, 0.15) is 45.4 Å². The third-order valence-corrected chi connectivity index (χ3v) is 5.88. The second kappa shape index (κ2) is 4.73.